The lowest BCUT2D eigenvalue weighted by atomic mass is 9.95. The monoisotopic (exact) mass is 523 g/mol. The van der Waals surface area contributed by atoms with Crippen molar-refractivity contribution in [1.82, 2.24) is 5.32 Å². The summed E-state index contributed by atoms with van der Waals surface area (Å²) in [5, 5.41) is 2.95. The van der Waals surface area contributed by atoms with E-state index in [4.69, 9.17) is 21.1 Å². The fourth-order valence-corrected chi connectivity index (χ4v) is 4.34. The molecule has 196 valence electrons. The maximum atomic E-state index is 12.6. The fourth-order valence-electron chi connectivity index (χ4n) is 4.09. The van der Waals surface area contributed by atoms with Crippen molar-refractivity contribution in [2.45, 2.75) is 63.5 Å². The van der Waals surface area contributed by atoms with Gasteiger partial charge in [-0.05, 0) is 48.4 Å². The highest BCUT2D eigenvalue weighted by Crippen LogP contribution is 2.26. The fraction of sp³-hybridized carbons (Fsp3) is 0.367. The van der Waals surface area contributed by atoms with Crippen LogP contribution >= 0.6 is 11.6 Å². The van der Waals surface area contributed by atoms with Crippen LogP contribution < -0.4 is 5.32 Å². The van der Waals surface area contributed by atoms with E-state index < -0.39 is 6.04 Å². The molecule has 6 nitrogen and oxygen atoms in total. The van der Waals surface area contributed by atoms with Crippen molar-refractivity contribution in [2.75, 3.05) is 6.61 Å². The zero-order chi connectivity index (χ0) is 26.5. The van der Waals surface area contributed by atoms with Crippen LogP contribution in [0.3, 0.4) is 0 Å². The van der Waals surface area contributed by atoms with Gasteiger partial charge < -0.3 is 14.8 Å². The van der Waals surface area contributed by atoms with Crippen molar-refractivity contribution in [3.8, 4) is 0 Å². The lowest BCUT2D eigenvalue weighted by Gasteiger charge is -2.19. The minimum absolute atomic E-state index is 0.00926. The zero-order valence-electron chi connectivity index (χ0n) is 21.2. The Morgan fingerprint density at radius 3 is 2.43 bits per heavy atom. The van der Waals surface area contributed by atoms with Crippen LogP contribution in [-0.4, -0.2) is 35.9 Å². The molecule has 2 aromatic rings. The van der Waals surface area contributed by atoms with Gasteiger partial charge in [-0.25, -0.2) is 0 Å². The molecule has 1 amide bonds. The van der Waals surface area contributed by atoms with Gasteiger partial charge in [0.05, 0.1) is 18.4 Å². The number of hydrogen-bond donors (Lipinski definition) is 1. The van der Waals surface area contributed by atoms with Crippen LogP contribution in [-0.2, 0) is 36.9 Å². The molecule has 0 aliphatic heterocycles. The minimum atomic E-state index is -0.437. The summed E-state index contributed by atoms with van der Waals surface area (Å²) in [5.74, 6) is -0.917. The molecule has 2 atom stereocenters. The van der Waals surface area contributed by atoms with Gasteiger partial charge in [0.2, 0.25) is 5.91 Å². The lowest BCUT2D eigenvalue weighted by Crippen LogP contribution is -2.38. The molecular formula is C30H34ClNO5. The average molecular weight is 524 g/mol. The van der Waals surface area contributed by atoms with Crippen molar-refractivity contribution in [1.29, 1.82) is 0 Å². The van der Waals surface area contributed by atoms with Crippen molar-refractivity contribution < 1.29 is 23.9 Å². The van der Waals surface area contributed by atoms with Gasteiger partial charge in [-0.1, -0.05) is 72.8 Å². The smallest absolute Gasteiger partial charge is 0.308 e. The highest BCUT2D eigenvalue weighted by Gasteiger charge is 2.19. The Morgan fingerprint density at radius 2 is 1.73 bits per heavy atom. The van der Waals surface area contributed by atoms with Crippen molar-refractivity contribution in [3.63, 3.8) is 0 Å². The molecule has 0 radical (unpaired) electrons. The molecule has 3 rings (SSSR count). The molecule has 0 saturated heterocycles. The number of ether oxygens (including phenoxy) is 2. The summed E-state index contributed by atoms with van der Waals surface area (Å²) < 4.78 is 10.4. The van der Waals surface area contributed by atoms with Gasteiger partial charge in [-0.3, -0.25) is 14.4 Å². The first-order valence-corrected chi connectivity index (χ1v) is 13.1. The van der Waals surface area contributed by atoms with Gasteiger partial charge in [0, 0.05) is 18.9 Å². The molecule has 0 aromatic heterocycles. The standard InChI is InChI=1S/C30H34ClNO5/c1-2-36-29(34)13-7-12-28(33)32-27(20-30(35)37-21-23-8-4-3-5-9-23)18-22-14-16-24(17-15-22)25-10-6-11-26(31)19-25/h3-6,8-11,14-17,26-27H,2,7,12-13,18-21H2,1H3,(H,32,33)/t26-,27+/m0/s1. The highest BCUT2D eigenvalue weighted by molar-refractivity contribution is 6.22. The molecule has 2 aromatic carbocycles. The molecule has 0 unspecified atom stereocenters. The number of alkyl halides is 1. The number of nitrogens with one attached hydrogen (secondary N) is 1. The van der Waals surface area contributed by atoms with E-state index in [-0.39, 0.29) is 49.1 Å². The predicted molar refractivity (Wildman–Crippen MR) is 145 cm³/mol. The summed E-state index contributed by atoms with van der Waals surface area (Å²) in [4.78, 5) is 36.7. The van der Waals surface area contributed by atoms with E-state index in [9.17, 15) is 14.4 Å². The number of rotatable bonds is 13. The second-order valence-corrected chi connectivity index (χ2v) is 9.53. The van der Waals surface area contributed by atoms with Crippen LogP contribution in [0.2, 0.25) is 0 Å². The third kappa shape index (κ3) is 10.3. The van der Waals surface area contributed by atoms with E-state index in [2.05, 4.69) is 11.4 Å². The van der Waals surface area contributed by atoms with Crippen molar-refractivity contribution in [2.24, 2.45) is 0 Å². The molecule has 0 bridgehead atoms. The van der Waals surface area contributed by atoms with Crippen LogP contribution in [0, 0.1) is 0 Å². The maximum absolute atomic E-state index is 12.6. The topological polar surface area (TPSA) is 81.7 Å². The van der Waals surface area contributed by atoms with Crippen LogP contribution in [0.25, 0.3) is 5.57 Å². The van der Waals surface area contributed by atoms with Crippen LogP contribution in [0.4, 0.5) is 0 Å². The molecule has 1 aliphatic carbocycles. The summed E-state index contributed by atoms with van der Waals surface area (Å²) in [6, 6.07) is 17.1. The third-order valence-corrected chi connectivity index (χ3v) is 6.25. The molecule has 0 fully saturated rings. The summed E-state index contributed by atoms with van der Waals surface area (Å²) in [6.07, 6.45) is 8.04. The van der Waals surface area contributed by atoms with E-state index in [1.807, 2.05) is 66.7 Å². The summed E-state index contributed by atoms with van der Waals surface area (Å²) >= 11 is 6.25. The van der Waals surface area contributed by atoms with E-state index in [1.54, 1.807) is 6.92 Å². The first kappa shape index (κ1) is 28.2. The molecule has 37 heavy (non-hydrogen) atoms. The van der Waals surface area contributed by atoms with Gasteiger partial charge in [0.25, 0.3) is 0 Å². The molecule has 0 saturated carbocycles. The first-order valence-electron chi connectivity index (χ1n) is 12.7. The van der Waals surface area contributed by atoms with Gasteiger partial charge in [-0.2, -0.15) is 0 Å². The number of carbonyl (C=O) groups excluding carboxylic acids is 3. The van der Waals surface area contributed by atoms with Crippen molar-refractivity contribution in [3.05, 3.63) is 89.5 Å². The Labute approximate surface area is 223 Å². The number of amides is 1. The predicted octanol–water partition coefficient (Wildman–Crippen LogP) is 5.53. The van der Waals surface area contributed by atoms with Gasteiger partial charge in [-0.15, -0.1) is 11.6 Å². The first-order chi connectivity index (χ1) is 17.9. The summed E-state index contributed by atoms with van der Waals surface area (Å²) in [5.41, 5.74) is 4.16. The normalized spacial score (nSPS) is 15.4. The molecule has 0 heterocycles. The van der Waals surface area contributed by atoms with Crippen LogP contribution in [0.5, 0.6) is 0 Å². The highest BCUT2D eigenvalue weighted by atomic mass is 35.5. The molecule has 1 aliphatic rings. The third-order valence-electron chi connectivity index (χ3n) is 5.95. The Hall–Kier alpha value is -3.38. The summed E-state index contributed by atoms with van der Waals surface area (Å²) in [7, 11) is 0. The van der Waals surface area contributed by atoms with E-state index in [0.29, 0.717) is 19.4 Å². The summed E-state index contributed by atoms with van der Waals surface area (Å²) in [6.45, 7) is 2.24. The minimum Gasteiger partial charge on any atom is -0.466 e. The number of esters is 2. The zero-order valence-corrected chi connectivity index (χ0v) is 21.9. The molecule has 0 spiro atoms. The number of hydrogen-bond acceptors (Lipinski definition) is 5. The Kier molecular flexibility index (Phi) is 11.4. The Morgan fingerprint density at radius 1 is 0.973 bits per heavy atom. The average Bonchev–Trinajstić information content (AvgIpc) is 2.88. The maximum Gasteiger partial charge on any atom is 0.308 e. The molecular weight excluding hydrogens is 490 g/mol. The molecule has 1 N–H and O–H groups in total. The van der Waals surface area contributed by atoms with Crippen LogP contribution in [0.15, 0.2) is 72.8 Å². The largest absolute Gasteiger partial charge is 0.466 e. The SMILES string of the molecule is CCOC(=O)CCCC(=O)N[C@@H](CC(=O)OCc1ccccc1)Cc1ccc(C2=CC=C[C@H](Cl)C2)cc1. The lowest BCUT2D eigenvalue weighted by molar-refractivity contribution is -0.145. The van der Waals surface area contributed by atoms with Crippen LogP contribution in [0.1, 0.15) is 55.7 Å². The second-order valence-electron chi connectivity index (χ2n) is 8.97. The Bertz CT molecular complexity index is 1090. The Balaban J connectivity index is 1.60. The number of benzene rings is 2. The van der Waals surface area contributed by atoms with Gasteiger partial charge in [0.15, 0.2) is 0 Å². The van der Waals surface area contributed by atoms with E-state index in [0.717, 1.165) is 23.1 Å². The number of carbonyl (C=O) groups is 3. The quantitative estimate of drug-likeness (QED) is 0.276. The number of halogens is 1. The van der Waals surface area contributed by atoms with E-state index >= 15 is 0 Å². The van der Waals surface area contributed by atoms with Crippen molar-refractivity contribution >= 4 is 35.0 Å². The van der Waals surface area contributed by atoms with E-state index in [1.165, 1.54) is 5.57 Å². The number of allylic oxidation sites excluding steroid dienone is 4. The van der Waals surface area contributed by atoms with Gasteiger partial charge in [0.1, 0.15) is 6.61 Å². The van der Waals surface area contributed by atoms with Gasteiger partial charge >= 0.3 is 11.9 Å². The molecule has 7 heteroatoms. The second kappa shape index (κ2) is 15.0.